The summed E-state index contributed by atoms with van der Waals surface area (Å²) in [5, 5.41) is 14.4. The van der Waals surface area contributed by atoms with E-state index in [-0.39, 0.29) is 24.6 Å². The molecule has 0 saturated heterocycles. The van der Waals surface area contributed by atoms with Gasteiger partial charge in [-0.3, -0.25) is 0 Å². The Labute approximate surface area is 139 Å². The summed E-state index contributed by atoms with van der Waals surface area (Å²) >= 11 is 0. The van der Waals surface area contributed by atoms with Gasteiger partial charge in [-0.25, -0.2) is 13.6 Å². The number of carbonyl (C=O) groups excluding carboxylic acids is 1. The summed E-state index contributed by atoms with van der Waals surface area (Å²) in [4.78, 5) is 11.9. The third-order valence-electron chi connectivity index (χ3n) is 3.70. The Kier molecular flexibility index (Phi) is 6.69. The fraction of sp³-hybridized carbons (Fsp3) is 0.278. The Hall–Kier alpha value is -2.47. The molecule has 0 aliphatic rings. The molecular formula is C18H20F2N2O2. The highest BCUT2D eigenvalue weighted by atomic mass is 19.1. The molecule has 4 nitrogen and oxygen atoms in total. The van der Waals surface area contributed by atoms with E-state index in [0.29, 0.717) is 13.0 Å². The second-order valence-electron chi connectivity index (χ2n) is 5.42. The molecule has 1 unspecified atom stereocenters. The molecule has 0 aromatic heterocycles. The van der Waals surface area contributed by atoms with Crippen LogP contribution in [-0.4, -0.2) is 24.3 Å². The van der Waals surface area contributed by atoms with E-state index < -0.39 is 17.7 Å². The number of halogens is 2. The maximum absolute atomic E-state index is 13.5. The summed E-state index contributed by atoms with van der Waals surface area (Å²) < 4.78 is 26.6. The second-order valence-corrected chi connectivity index (χ2v) is 5.42. The largest absolute Gasteiger partial charge is 0.396 e. The molecule has 24 heavy (non-hydrogen) atoms. The fourth-order valence-corrected chi connectivity index (χ4v) is 2.40. The van der Waals surface area contributed by atoms with Gasteiger partial charge < -0.3 is 15.7 Å². The number of aliphatic hydroxyl groups is 1. The van der Waals surface area contributed by atoms with Crippen LogP contribution >= 0.6 is 0 Å². The zero-order valence-electron chi connectivity index (χ0n) is 13.1. The van der Waals surface area contributed by atoms with Crippen LogP contribution in [0, 0.1) is 11.6 Å². The minimum atomic E-state index is -0.570. The molecule has 0 fully saturated rings. The van der Waals surface area contributed by atoms with Crippen LogP contribution < -0.4 is 10.6 Å². The number of urea groups is 1. The minimum Gasteiger partial charge on any atom is -0.396 e. The van der Waals surface area contributed by atoms with Crippen molar-refractivity contribution >= 4 is 6.03 Å². The van der Waals surface area contributed by atoms with Crippen molar-refractivity contribution in [1.82, 2.24) is 10.6 Å². The average molecular weight is 334 g/mol. The van der Waals surface area contributed by atoms with E-state index in [0.717, 1.165) is 23.8 Å². The fourth-order valence-electron chi connectivity index (χ4n) is 2.40. The van der Waals surface area contributed by atoms with E-state index in [1.54, 1.807) is 0 Å². The van der Waals surface area contributed by atoms with Crippen LogP contribution in [-0.2, 0) is 6.54 Å². The number of amides is 2. The molecule has 6 heteroatoms. The van der Waals surface area contributed by atoms with Crippen molar-refractivity contribution in [2.24, 2.45) is 0 Å². The van der Waals surface area contributed by atoms with Gasteiger partial charge in [-0.1, -0.05) is 30.3 Å². The van der Waals surface area contributed by atoms with Crippen molar-refractivity contribution in [2.75, 3.05) is 13.2 Å². The average Bonchev–Trinajstić information content (AvgIpc) is 2.60. The molecule has 0 aliphatic heterocycles. The van der Waals surface area contributed by atoms with E-state index in [4.69, 9.17) is 5.11 Å². The van der Waals surface area contributed by atoms with Crippen molar-refractivity contribution in [3.63, 3.8) is 0 Å². The number of hydrogen-bond acceptors (Lipinski definition) is 2. The first-order chi connectivity index (χ1) is 11.6. The van der Waals surface area contributed by atoms with Gasteiger partial charge in [-0.15, -0.1) is 0 Å². The summed E-state index contributed by atoms with van der Waals surface area (Å²) in [6.07, 6.45) is 0.517. The van der Waals surface area contributed by atoms with E-state index in [9.17, 15) is 13.6 Å². The third-order valence-corrected chi connectivity index (χ3v) is 3.70. The Bertz CT molecular complexity index is 665. The van der Waals surface area contributed by atoms with Crippen LogP contribution in [0.3, 0.4) is 0 Å². The zero-order valence-corrected chi connectivity index (χ0v) is 13.1. The van der Waals surface area contributed by atoms with Gasteiger partial charge in [0.2, 0.25) is 0 Å². The second kappa shape index (κ2) is 8.98. The van der Waals surface area contributed by atoms with Crippen LogP contribution in [0.15, 0.2) is 48.5 Å². The monoisotopic (exact) mass is 334 g/mol. The lowest BCUT2D eigenvalue weighted by atomic mass is 9.96. The van der Waals surface area contributed by atoms with Crippen LogP contribution in [0.4, 0.5) is 13.6 Å². The van der Waals surface area contributed by atoms with Crippen molar-refractivity contribution in [2.45, 2.75) is 18.9 Å². The molecule has 2 aromatic carbocycles. The van der Waals surface area contributed by atoms with Crippen LogP contribution in [0.2, 0.25) is 0 Å². The molecule has 0 bridgehead atoms. The van der Waals surface area contributed by atoms with Crippen LogP contribution in [0.25, 0.3) is 0 Å². The number of aliphatic hydroxyl groups excluding tert-OH is 1. The Morgan fingerprint density at radius 2 is 1.83 bits per heavy atom. The highest BCUT2D eigenvalue weighted by molar-refractivity contribution is 5.73. The quantitative estimate of drug-likeness (QED) is 0.729. The molecule has 2 aromatic rings. The molecule has 3 N–H and O–H groups in total. The van der Waals surface area contributed by atoms with Gasteiger partial charge in [0.1, 0.15) is 11.6 Å². The smallest absolute Gasteiger partial charge is 0.315 e. The molecular weight excluding hydrogens is 314 g/mol. The van der Waals surface area contributed by atoms with Gasteiger partial charge in [0, 0.05) is 31.2 Å². The standard InChI is InChI=1S/C18H20F2N2O2/c19-16-6-7-17(20)15(10-16)12-22-18(24)21-11-14(8-9-23)13-4-2-1-3-5-13/h1-7,10,14,23H,8-9,11-12H2,(H2,21,22,24). The van der Waals surface area contributed by atoms with Gasteiger partial charge in [-0.05, 0) is 30.2 Å². The first kappa shape index (κ1) is 17.9. The minimum absolute atomic E-state index is 0.0113. The SMILES string of the molecule is O=C(NCc1cc(F)ccc1F)NCC(CCO)c1ccccc1. The lowest BCUT2D eigenvalue weighted by Crippen LogP contribution is -2.37. The highest BCUT2D eigenvalue weighted by Gasteiger charge is 2.12. The number of carbonyl (C=O) groups is 1. The third kappa shape index (κ3) is 5.31. The zero-order chi connectivity index (χ0) is 17.4. The van der Waals surface area contributed by atoms with Gasteiger partial charge in [0.05, 0.1) is 0 Å². The number of nitrogens with one attached hydrogen (secondary N) is 2. The van der Waals surface area contributed by atoms with Crippen molar-refractivity contribution in [3.8, 4) is 0 Å². The van der Waals surface area contributed by atoms with E-state index in [2.05, 4.69) is 10.6 Å². The Balaban J connectivity index is 1.86. The summed E-state index contributed by atoms with van der Waals surface area (Å²) in [6, 6.07) is 12.2. The van der Waals surface area contributed by atoms with Crippen molar-refractivity contribution < 1.29 is 18.7 Å². The van der Waals surface area contributed by atoms with E-state index >= 15 is 0 Å². The maximum atomic E-state index is 13.5. The molecule has 0 aliphatic carbocycles. The van der Waals surface area contributed by atoms with Crippen molar-refractivity contribution in [3.05, 3.63) is 71.3 Å². The summed E-state index contributed by atoms with van der Waals surface area (Å²) in [7, 11) is 0. The first-order valence-electron chi connectivity index (χ1n) is 7.71. The normalized spacial score (nSPS) is 11.8. The molecule has 0 heterocycles. The van der Waals surface area contributed by atoms with Gasteiger partial charge in [0.15, 0.2) is 0 Å². The number of benzene rings is 2. The summed E-state index contributed by atoms with van der Waals surface area (Å²) in [5.41, 5.74) is 1.10. The molecule has 2 rings (SSSR count). The van der Waals surface area contributed by atoms with Gasteiger partial charge in [-0.2, -0.15) is 0 Å². The molecule has 1 atom stereocenters. The van der Waals surface area contributed by atoms with E-state index in [1.165, 1.54) is 0 Å². The van der Waals surface area contributed by atoms with Crippen molar-refractivity contribution in [1.29, 1.82) is 0 Å². The molecule has 0 spiro atoms. The maximum Gasteiger partial charge on any atom is 0.315 e. The van der Waals surface area contributed by atoms with Gasteiger partial charge in [0.25, 0.3) is 0 Å². The highest BCUT2D eigenvalue weighted by Crippen LogP contribution is 2.18. The number of rotatable bonds is 7. The Morgan fingerprint density at radius 3 is 2.54 bits per heavy atom. The van der Waals surface area contributed by atoms with Crippen LogP contribution in [0.1, 0.15) is 23.5 Å². The lowest BCUT2D eigenvalue weighted by Gasteiger charge is -2.17. The molecule has 0 saturated carbocycles. The lowest BCUT2D eigenvalue weighted by molar-refractivity contribution is 0.237. The van der Waals surface area contributed by atoms with Gasteiger partial charge >= 0.3 is 6.03 Å². The predicted octanol–water partition coefficient (Wildman–Crippen LogP) is 2.93. The van der Waals surface area contributed by atoms with E-state index in [1.807, 2.05) is 30.3 Å². The molecule has 2 amide bonds. The summed E-state index contributed by atoms with van der Waals surface area (Å²) in [6.45, 7) is 0.241. The first-order valence-corrected chi connectivity index (χ1v) is 7.71. The molecule has 0 radical (unpaired) electrons. The predicted molar refractivity (Wildman–Crippen MR) is 87.5 cm³/mol. The number of hydrogen-bond donors (Lipinski definition) is 3. The molecule has 128 valence electrons. The topological polar surface area (TPSA) is 61.4 Å². The summed E-state index contributed by atoms with van der Waals surface area (Å²) in [5.74, 6) is -1.15. The van der Waals surface area contributed by atoms with Crippen LogP contribution in [0.5, 0.6) is 0 Å². The Morgan fingerprint density at radius 1 is 1.08 bits per heavy atom.